The topological polar surface area (TPSA) is 36.4 Å². The van der Waals surface area contributed by atoms with Crippen LogP contribution in [0.1, 0.15) is 17.5 Å². The molecule has 18 heavy (non-hydrogen) atoms. The maximum absolute atomic E-state index is 4.41. The van der Waals surface area contributed by atoms with Crippen LogP contribution >= 0.6 is 35.7 Å². The molecule has 0 radical (unpaired) electrons. The van der Waals surface area contributed by atoms with Crippen molar-refractivity contribution in [2.75, 3.05) is 19.3 Å². The van der Waals surface area contributed by atoms with Gasteiger partial charge in [-0.2, -0.15) is 0 Å². The van der Waals surface area contributed by atoms with Gasteiger partial charge in [-0.1, -0.05) is 12.1 Å². The molecule has 0 saturated carbocycles. The number of aryl methyl sites for hydroxylation is 1. The molecular weight excluding hydrogens is 357 g/mol. The van der Waals surface area contributed by atoms with Crippen LogP contribution in [0.5, 0.6) is 0 Å². The summed E-state index contributed by atoms with van der Waals surface area (Å²) in [5.41, 5.74) is 2.64. The highest BCUT2D eigenvalue weighted by molar-refractivity contribution is 14.0. The molecule has 0 atom stereocenters. The van der Waals surface area contributed by atoms with Crippen LogP contribution in [0.4, 0.5) is 0 Å². The second-order valence-corrected chi connectivity index (χ2v) is 5.03. The molecule has 0 unspecified atom stereocenters. The summed E-state index contributed by atoms with van der Waals surface area (Å²) >= 11 is 1.80. The number of rotatable bonds is 3. The molecule has 5 heteroatoms. The van der Waals surface area contributed by atoms with E-state index in [1.54, 1.807) is 11.8 Å². The molecule has 0 spiro atoms. The average Bonchev–Trinajstić information content (AvgIpc) is 2.38. The Morgan fingerprint density at radius 2 is 2.28 bits per heavy atom. The molecule has 100 valence electrons. The van der Waals surface area contributed by atoms with E-state index in [0.29, 0.717) is 0 Å². The molecule has 1 aliphatic heterocycles. The van der Waals surface area contributed by atoms with Gasteiger partial charge in [0.05, 0.1) is 0 Å². The van der Waals surface area contributed by atoms with Gasteiger partial charge < -0.3 is 10.6 Å². The fraction of sp³-hybridized carbons (Fsp3) is 0.462. The molecule has 1 heterocycles. The van der Waals surface area contributed by atoms with Crippen molar-refractivity contribution < 1.29 is 0 Å². The standard InChI is InChI=1S/C13H19N3S.HI/c1-10-4-5-11(12(8-10)17-2)9-16-13-14-6-3-7-15-13;/h4-5,8H,3,6-7,9H2,1-2H3,(H2,14,15,16);1H. The van der Waals surface area contributed by atoms with Crippen LogP contribution in [0.15, 0.2) is 28.1 Å². The van der Waals surface area contributed by atoms with E-state index < -0.39 is 0 Å². The summed E-state index contributed by atoms with van der Waals surface area (Å²) in [6.07, 6.45) is 3.25. The average molecular weight is 377 g/mol. The number of aliphatic imine (C=N–C) groups is 1. The normalized spacial score (nSPS) is 14.2. The second-order valence-electron chi connectivity index (χ2n) is 4.18. The van der Waals surface area contributed by atoms with Crippen molar-refractivity contribution in [3.63, 3.8) is 0 Å². The van der Waals surface area contributed by atoms with Crippen LogP contribution in [0.25, 0.3) is 0 Å². The molecule has 0 bridgehead atoms. The van der Waals surface area contributed by atoms with Gasteiger partial charge in [-0.3, -0.25) is 4.99 Å². The maximum atomic E-state index is 4.41. The van der Waals surface area contributed by atoms with Crippen LogP contribution in [-0.4, -0.2) is 25.3 Å². The SMILES string of the molecule is CSc1cc(C)ccc1CNC1=NCCCN1.I. The number of hydrogen-bond acceptors (Lipinski definition) is 4. The predicted molar refractivity (Wildman–Crippen MR) is 90.1 cm³/mol. The second kappa shape index (κ2) is 7.89. The minimum absolute atomic E-state index is 0. The van der Waals surface area contributed by atoms with Crippen molar-refractivity contribution in [1.29, 1.82) is 0 Å². The van der Waals surface area contributed by atoms with E-state index in [1.807, 2.05) is 0 Å². The van der Waals surface area contributed by atoms with Gasteiger partial charge in [0.15, 0.2) is 5.96 Å². The van der Waals surface area contributed by atoms with Crippen LogP contribution in [-0.2, 0) is 6.54 Å². The van der Waals surface area contributed by atoms with E-state index >= 15 is 0 Å². The Morgan fingerprint density at radius 1 is 1.44 bits per heavy atom. The van der Waals surface area contributed by atoms with Gasteiger partial charge in [0.25, 0.3) is 0 Å². The minimum atomic E-state index is 0. The summed E-state index contributed by atoms with van der Waals surface area (Å²) in [6.45, 7) is 4.92. The lowest BCUT2D eigenvalue weighted by Crippen LogP contribution is -2.40. The Balaban J connectivity index is 0.00000162. The Bertz CT molecular complexity index is 421. The zero-order valence-electron chi connectivity index (χ0n) is 10.8. The fourth-order valence-electron chi connectivity index (χ4n) is 1.83. The summed E-state index contributed by atoms with van der Waals surface area (Å²) in [7, 11) is 0. The summed E-state index contributed by atoms with van der Waals surface area (Å²) in [5, 5.41) is 6.63. The summed E-state index contributed by atoms with van der Waals surface area (Å²) < 4.78 is 0. The van der Waals surface area contributed by atoms with Crippen molar-refractivity contribution >= 4 is 41.7 Å². The van der Waals surface area contributed by atoms with Crippen LogP contribution in [0.2, 0.25) is 0 Å². The molecule has 2 N–H and O–H groups in total. The molecule has 1 aromatic carbocycles. The Labute approximate surface area is 130 Å². The molecular formula is C13H20IN3S. The van der Waals surface area contributed by atoms with Gasteiger partial charge >= 0.3 is 0 Å². The van der Waals surface area contributed by atoms with Gasteiger partial charge in [-0.15, -0.1) is 35.7 Å². The van der Waals surface area contributed by atoms with Crippen molar-refractivity contribution in [3.8, 4) is 0 Å². The summed E-state index contributed by atoms with van der Waals surface area (Å²) in [6, 6.07) is 6.59. The van der Waals surface area contributed by atoms with Gasteiger partial charge in [-0.25, -0.2) is 0 Å². The molecule has 1 aromatic rings. The number of thioether (sulfide) groups is 1. The van der Waals surface area contributed by atoms with Gasteiger partial charge in [0.2, 0.25) is 0 Å². The molecule has 0 aromatic heterocycles. The lowest BCUT2D eigenvalue weighted by molar-refractivity contribution is 0.700. The lowest BCUT2D eigenvalue weighted by Gasteiger charge is -2.17. The molecule has 2 rings (SSSR count). The molecule has 1 aliphatic rings. The van der Waals surface area contributed by atoms with Crippen molar-refractivity contribution in [2.45, 2.75) is 24.8 Å². The largest absolute Gasteiger partial charge is 0.356 e. The van der Waals surface area contributed by atoms with Crippen LogP contribution in [0, 0.1) is 6.92 Å². The molecule has 0 aliphatic carbocycles. The monoisotopic (exact) mass is 377 g/mol. The third kappa shape index (κ3) is 4.35. The van der Waals surface area contributed by atoms with Gasteiger partial charge in [0.1, 0.15) is 0 Å². The first-order chi connectivity index (χ1) is 8.29. The number of hydrogen-bond donors (Lipinski definition) is 2. The van der Waals surface area contributed by atoms with Crippen molar-refractivity contribution in [1.82, 2.24) is 10.6 Å². The number of benzene rings is 1. The van der Waals surface area contributed by atoms with Crippen LogP contribution < -0.4 is 10.6 Å². The Hall–Kier alpha value is -0.430. The molecule has 0 saturated heterocycles. The number of nitrogens with one attached hydrogen (secondary N) is 2. The first-order valence-electron chi connectivity index (χ1n) is 5.95. The highest BCUT2D eigenvalue weighted by Crippen LogP contribution is 2.21. The van der Waals surface area contributed by atoms with E-state index in [0.717, 1.165) is 32.0 Å². The van der Waals surface area contributed by atoms with E-state index in [2.05, 4.69) is 47.0 Å². The fourth-order valence-corrected chi connectivity index (χ4v) is 2.53. The molecule has 0 fully saturated rings. The van der Waals surface area contributed by atoms with Gasteiger partial charge in [0, 0.05) is 24.5 Å². The zero-order valence-corrected chi connectivity index (χ0v) is 14.0. The minimum Gasteiger partial charge on any atom is -0.356 e. The predicted octanol–water partition coefficient (Wildman–Crippen LogP) is 2.77. The lowest BCUT2D eigenvalue weighted by atomic mass is 10.1. The number of halogens is 1. The smallest absolute Gasteiger partial charge is 0.191 e. The van der Waals surface area contributed by atoms with E-state index in [9.17, 15) is 0 Å². The summed E-state index contributed by atoms with van der Waals surface area (Å²) in [5.74, 6) is 0.934. The van der Waals surface area contributed by atoms with E-state index in [4.69, 9.17) is 0 Å². The third-order valence-corrected chi connectivity index (χ3v) is 3.61. The number of nitrogens with zero attached hydrogens (tertiary/aromatic N) is 1. The highest BCUT2D eigenvalue weighted by Gasteiger charge is 2.05. The molecule has 0 amide bonds. The van der Waals surface area contributed by atoms with Crippen LogP contribution in [0.3, 0.4) is 0 Å². The maximum Gasteiger partial charge on any atom is 0.191 e. The van der Waals surface area contributed by atoms with Gasteiger partial charge in [-0.05, 0) is 36.8 Å². The third-order valence-electron chi connectivity index (χ3n) is 2.79. The highest BCUT2D eigenvalue weighted by atomic mass is 127. The number of guanidine groups is 1. The van der Waals surface area contributed by atoms with Crippen molar-refractivity contribution in [2.24, 2.45) is 4.99 Å². The molecule has 3 nitrogen and oxygen atoms in total. The van der Waals surface area contributed by atoms with E-state index in [-0.39, 0.29) is 24.0 Å². The quantitative estimate of drug-likeness (QED) is 0.628. The summed E-state index contributed by atoms with van der Waals surface area (Å²) in [4.78, 5) is 5.75. The Kier molecular flexibility index (Phi) is 6.85. The van der Waals surface area contributed by atoms with Crippen molar-refractivity contribution in [3.05, 3.63) is 29.3 Å². The zero-order chi connectivity index (χ0) is 12.1. The first-order valence-corrected chi connectivity index (χ1v) is 7.18. The first kappa shape index (κ1) is 15.6. The van der Waals surface area contributed by atoms with E-state index in [1.165, 1.54) is 16.0 Å². The Morgan fingerprint density at radius 3 is 2.94 bits per heavy atom.